The van der Waals surface area contributed by atoms with Crippen LogP contribution in [0.3, 0.4) is 0 Å². The summed E-state index contributed by atoms with van der Waals surface area (Å²) in [6.45, 7) is 3.96. The molecule has 2 N–H and O–H groups in total. The van der Waals surface area contributed by atoms with Crippen LogP contribution in [0.25, 0.3) is 22.5 Å². The van der Waals surface area contributed by atoms with Gasteiger partial charge in [-0.15, -0.1) is 0 Å². The monoisotopic (exact) mass is 439 g/mol. The van der Waals surface area contributed by atoms with E-state index in [9.17, 15) is 13.2 Å². The quantitative estimate of drug-likeness (QED) is 0.475. The highest BCUT2D eigenvalue weighted by Gasteiger charge is 2.20. The van der Waals surface area contributed by atoms with E-state index in [2.05, 4.69) is 20.1 Å². The van der Waals surface area contributed by atoms with Crippen LogP contribution in [-0.4, -0.2) is 36.1 Å². The van der Waals surface area contributed by atoms with E-state index in [1.54, 1.807) is 35.3 Å². The summed E-state index contributed by atoms with van der Waals surface area (Å²) in [5, 5.41) is 7.80. The van der Waals surface area contributed by atoms with Gasteiger partial charge in [0.25, 0.3) is 5.91 Å². The first-order valence-electron chi connectivity index (χ1n) is 9.57. The molecule has 9 nitrogen and oxygen atoms in total. The molecule has 1 aromatic carbocycles. The standard InChI is InChI=1S/C21H21N5O4S/c1-13(2)26-20-17(12-23-26)16(11-18(25-20)19-5-4-10-30-19)21(27)24-14-6-8-15(9-7-14)31(28,29)22-3/h4-13,22H,1-3H3,(H,24,27). The molecule has 1 amide bonds. The van der Waals surface area contributed by atoms with Crippen LogP contribution in [-0.2, 0) is 10.0 Å². The molecule has 0 saturated heterocycles. The highest BCUT2D eigenvalue weighted by molar-refractivity contribution is 7.89. The Morgan fingerprint density at radius 2 is 1.90 bits per heavy atom. The molecule has 0 aliphatic heterocycles. The fourth-order valence-electron chi connectivity index (χ4n) is 3.17. The first kappa shape index (κ1) is 20.8. The Hall–Kier alpha value is -3.50. The SMILES string of the molecule is CNS(=O)(=O)c1ccc(NC(=O)c2cc(-c3ccco3)nc3c2cnn3C(C)C)cc1. The summed E-state index contributed by atoms with van der Waals surface area (Å²) in [5.74, 6) is 0.168. The number of sulfonamides is 1. The topological polar surface area (TPSA) is 119 Å². The van der Waals surface area contributed by atoms with Crippen molar-refractivity contribution in [3.8, 4) is 11.5 Å². The molecule has 0 bridgehead atoms. The third kappa shape index (κ3) is 3.94. The molecule has 3 aromatic heterocycles. The predicted molar refractivity (Wildman–Crippen MR) is 116 cm³/mol. The number of carbonyl (C=O) groups is 1. The lowest BCUT2D eigenvalue weighted by Gasteiger charge is -2.11. The highest BCUT2D eigenvalue weighted by Crippen LogP contribution is 2.27. The minimum atomic E-state index is -3.55. The van der Waals surface area contributed by atoms with Gasteiger partial charge in [0.15, 0.2) is 11.4 Å². The van der Waals surface area contributed by atoms with Gasteiger partial charge in [0, 0.05) is 11.7 Å². The average Bonchev–Trinajstić information content (AvgIpc) is 3.43. The van der Waals surface area contributed by atoms with Crippen molar-refractivity contribution in [2.45, 2.75) is 24.8 Å². The van der Waals surface area contributed by atoms with Crippen molar-refractivity contribution in [3.05, 3.63) is 60.5 Å². The van der Waals surface area contributed by atoms with Gasteiger partial charge < -0.3 is 9.73 Å². The number of amides is 1. The molecule has 4 rings (SSSR count). The van der Waals surface area contributed by atoms with Crippen LogP contribution in [0.4, 0.5) is 5.69 Å². The molecule has 0 fully saturated rings. The second-order valence-corrected chi connectivity index (χ2v) is 9.03. The smallest absolute Gasteiger partial charge is 0.256 e. The zero-order valence-corrected chi connectivity index (χ0v) is 18.0. The van der Waals surface area contributed by atoms with Gasteiger partial charge in [0.1, 0.15) is 5.69 Å². The molecule has 4 aromatic rings. The van der Waals surface area contributed by atoms with E-state index in [0.29, 0.717) is 33.7 Å². The number of hydrogen-bond acceptors (Lipinski definition) is 6. The van der Waals surface area contributed by atoms with Gasteiger partial charge in [-0.2, -0.15) is 5.10 Å². The number of aromatic nitrogens is 3. The molecular weight excluding hydrogens is 418 g/mol. The number of pyridine rings is 1. The molecule has 0 aliphatic carbocycles. The van der Waals surface area contributed by atoms with E-state index in [4.69, 9.17) is 4.42 Å². The number of fused-ring (bicyclic) bond motifs is 1. The largest absolute Gasteiger partial charge is 0.463 e. The van der Waals surface area contributed by atoms with Gasteiger partial charge in [-0.25, -0.2) is 22.8 Å². The van der Waals surface area contributed by atoms with Crippen molar-refractivity contribution in [2.75, 3.05) is 12.4 Å². The number of hydrogen-bond donors (Lipinski definition) is 2. The number of nitrogens with one attached hydrogen (secondary N) is 2. The molecule has 0 aliphatic rings. The van der Waals surface area contributed by atoms with Gasteiger partial charge in [0.05, 0.1) is 28.3 Å². The molecule has 3 heterocycles. The number of benzene rings is 1. The summed E-state index contributed by atoms with van der Waals surface area (Å²) in [7, 11) is -2.21. The van der Waals surface area contributed by atoms with Crippen molar-refractivity contribution in [1.29, 1.82) is 0 Å². The van der Waals surface area contributed by atoms with E-state index in [1.807, 2.05) is 13.8 Å². The molecule has 10 heteroatoms. The number of furan rings is 1. The Balaban J connectivity index is 1.74. The van der Waals surface area contributed by atoms with Gasteiger partial charge in [-0.05, 0) is 63.4 Å². The normalized spacial score (nSPS) is 11.9. The van der Waals surface area contributed by atoms with E-state index in [-0.39, 0.29) is 16.8 Å². The van der Waals surface area contributed by atoms with E-state index in [1.165, 1.54) is 31.3 Å². The summed E-state index contributed by atoms with van der Waals surface area (Å²) in [4.78, 5) is 17.9. The number of nitrogens with zero attached hydrogens (tertiary/aromatic N) is 3. The first-order chi connectivity index (χ1) is 14.8. The van der Waals surface area contributed by atoms with Crippen LogP contribution in [0, 0.1) is 0 Å². The van der Waals surface area contributed by atoms with E-state index >= 15 is 0 Å². The van der Waals surface area contributed by atoms with Gasteiger partial charge in [-0.3, -0.25) is 4.79 Å². The summed E-state index contributed by atoms with van der Waals surface area (Å²) in [5.41, 5.74) is 1.93. The molecule has 0 saturated carbocycles. The number of carbonyl (C=O) groups excluding carboxylic acids is 1. The van der Waals surface area contributed by atoms with E-state index < -0.39 is 10.0 Å². The molecule has 0 unspecified atom stereocenters. The summed E-state index contributed by atoms with van der Waals surface area (Å²) < 4.78 is 33.2. The van der Waals surface area contributed by atoms with Crippen molar-refractivity contribution < 1.29 is 17.6 Å². The zero-order valence-electron chi connectivity index (χ0n) is 17.2. The third-order valence-electron chi connectivity index (χ3n) is 4.77. The van der Waals surface area contributed by atoms with Crippen molar-refractivity contribution in [3.63, 3.8) is 0 Å². The predicted octanol–water partition coefficient (Wildman–Crippen LogP) is 3.43. The highest BCUT2D eigenvalue weighted by atomic mass is 32.2. The van der Waals surface area contributed by atoms with Crippen LogP contribution in [0.5, 0.6) is 0 Å². The molecular formula is C21H21N5O4S. The summed E-state index contributed by atoms with van der Waals surface area (Å²) in [6.07, 6.45) is 3.16. The Morgan fingerprint density at radius 3 is 2.52 bits per heavy atom. The Kier molecular flexibility index (Phi) is 5.34. The van der Waals surface area contributed by atoms with Crippen LogP contribution in [0.15, 0.2) is 64.2 Å². The first-order valence-corrected chi connectivity index (χ1v) is 11.1. The fraction of sp³-hybridized carbons (Fsp3) is 0.190. The lowest BCUT2D eigenvalue weighted by atomic mass is 10.1. The zero-order chi connectivity index (χ0) is 22.2. The molecule has 160 valence electrons. The Bertz CT molecular complexity index is 1340. The Morgan fingerprint density at radius 1 is 1.16 bits per heavy atom. The van der Waals surface area contributed by atoms with Crippen molar-refractivity contribution in [1.82, 2.24) is 19.5 Å². The minimum Gasteiger partial charge on any atom is -0.463 e. The minimum absolute atomic E-state index is 0.0504. The van der Waals surface area contributed by atoms with Crippen LogP contribution in [0.1, 0.15) is 30.2 Å². The Labute approximate surface area is 179 Å². The lowest BCUT2D eigenvalue weighted by Crippen LogP contribution is -2.18. The third-order valence-corrected chi connectivity index (χ3v) is 6.20. The molecule has 31 heavy (non-hydrogen) atoms. The van der Waals surface area contributed by atoms with Crippen molar-refractivity contribution >= 4 is 32.7 Å². The maximum Gasteiger partial charge on any atom is 0.256 e. The maximum atomic E-state index is 13.1. The number of rotatable bonds is 6. The maximum absolute atomic E-state index is 13.1. The second-order valence-electron chi connectivity index (χ2n) is 7.14. The number of anilines is 1. The second kappa shape index (κ2) is 7.97. The average molecular weight is 439 g/mol. The van der Waals surface area contributed by atoms with E-state index in [0.717, 1.165) is 0 Å². The van der Waals surface area contributed by atoms with Gasteiger partial charge in [-0.1, -0.05) is 0 Å². The fourth-order valence-corrected chi connectivity index (χ4v) is 3.90. The lowest BCUT2D eigenvalue weighted by molar-refractivity contribution is 0.102. The van der Waals surface area contributed by atoms with Crippen LogP contribution >= 0.6 is 0 Å². The molecule has 0 atom stereocenters. The van der Waals surface area contributed by atoms with Gasteiger partial charge in [0.2, 0.25) is 10.0 Å². The molecule has 0 spiro atoms. The molecule has 0 radical (unpaired) electrons. The van der Waals surface area contributed by atoms with Crippen molar-refractivity contribution in [2.24, 2.45) is 0 Å². The van der Waals surface area contributed by atoms with Crippen LogP contribution < -0.4 is 10.0 Å². The van der Waals surface area contributed by atoms with Crippen LogP contribution in [0.2, 0.25) is 0 Å². The van der Waals surface area contributed by atoms with Gasteiger partial charge >= 0.3 is 0 Å². The summed E-state index contributed by atoms with van der Waals surface area (Å²) in [6, 6.07) is 11.1. The summed E-state index contributed by atoms with van der Waals surface area (Å²) >= 11 is 0.